The largest absolute Gasteiger partial charge is 0.456 e. The summed E-state index contributed by atoms with van der Waals surface area (Å²) in [5.74, 6) is 1.75. The highest BCUT2D eigenvalue weighted by atomic mass is 16.3. The minimum Gasteiger partial charge on any atom is -0.456 e. The molecule has 0 aliphatic carbocycles. The van der Waals surface area contributed by atoms with Gasteiger partial charge in [-0.25, -0.2) is 15.0 Å². The van der Waals surface area contributed by atoms with Crippen molar-refractivity contribution in [2.45, 2.75) is 0 Å². The first kappa shape index (κ1) is 33.8. The Kier molecular flexibility index (Phi) is 7.71. The van der Waals surface area contributed by atoms with Crippen LogP contribution in [0.3, 0.4) is 0 Å². The second-order valence-corrected chi connectivity index (χ2v) is 14.9. The number of fused-ring (bicyclic) bond motifs is 8. The Morgan fingerprint density at radius 2 is 0.983 bits per heavy atom. The molecule has 0 spiro atoms. The Labute approximate surface area is 343 Å². The lowest BCUT2D eigenvalue weighted by Crippen LogP contribution is -2.01. The third kappa shape index (κ3) is 5.63. The Hall–Kier alpha value is -8.29. The van der Waals surface area contributed by atoms with Gasteiger partial charge < -0.3 is 4.42 Å². The Morgan fingerprint density at radius 3 is 1.83 bits per heavy atom. The molecular weight excluding hydrogens is 737 g/mol. The van der Waals surface area contributed by atoms with Crippen molar-refractivity contribution in [1.29, 1.82) is 0 Å². The van der Waals surface area contributed by atoms with E-state index in [0.717, 1.165) is 99.1 Å². The molecule has 7 nitrogen and oxygen atoms in total. The van der Waals surface area contributed by atoms with E-state index < -0.39 is 0 Å². The van der Waals surface area contributed by atoms with Crippen LogP contribution >= 0.6 is 0 Å². The van der Waals surface area contributed by atoms with Gasteiger partial charge in [-0.05, 0) is 74.8 Å². The van der Waals surface area contributed by atoms with E-state index in [-0.39, 0.29) is 0 Å². The van der Waals surface area contributed by atoms with Gasteiger partial charge in [-0.15, -0.1) is 10.2 Å². The van der Waals surface area contributed by atoms with Crippen molar-refractivity contribution in [1.82, 2.24) is 29.9 Å². The van der Waals surface area contributed by atoms with Crippen LogP contribution in [0.15, 0.2) is 199 Å². The molecule has 0 N–H and O–H groups in total. The Balaban J connectivity index is 1.02. The highest BCUT2D eigenvalue weighted by Crippen LogP contribution is 2.39. The molecule has 7 heteroatoms. The average molecular weight is 769 g/mol. The zero-order valence-corrected chi connectivity index (χ0v) is 32.1. The van der Waals surface area contributed by atoms with Crippen LogP contribution in [0.2, 0.25) is 0 Å². The number of rotatable bonds is 6. The van der Waals surface area contributed by atoms with E-state index in [1.165, 1.54) is 0 Å². The third-order valence-corrected chi connectivity index (χ3v) is 11.3. The summed E-state index contributed by atoms with van der Waals surface area (Å²) in [6, 6.07) is 66.5. The molecule has 60 heavy (non-hydrogen) atoms. The molecule has 280 valence electrons. The molecule has 0 unspecified atom stereocenters. The molecule has 0 amide bonds. The fourth-order valence-electron chi connectivity index (χ4n) is 8.45. The van der Waals surface area contributed by atoms with E-state index in [9.17, 15) is 0 Å². The molecule has 9 aromatic carbocycles. The van der Waals surface area contributed by atoms with Gasteiger partial charge in [0, 0.05) is 32.8 Å². The molecule has 0 aliphatic rings. The normalized spacial score (nSPS) is 11.7. The molecule has 0 atom stereocenters. The quantitative estimate of drug-likeness (QED) is 0.157. The molecular formula is C53H32N6O. The molecule has 12 rings (SSSR count). The number of furan rings is 1. The first-order valence-corrected chi connectivity index (χ1v) is 19.9. The second kappa shape index (κ2) is 13.7. The lowest BCUT2D eigenvalue weighted by Gasteiger charge is -2.13. The molecule has 0 radical (unpaired) electrons. The van der Waals surface area contributed by atoms with Gasteiger partial charge >= 0.3 is 0 Å². The van der Waals surface area contributed by atoms with Crippen LogP contribution in [0.5, 0.6) is 0 Å². The smallest absolute Gasteiger partial charge is 0.164 e. The summed E-state index contributed by atoms with van der Waals surface area (Å²) in [6.45, 7) is 0. The molecule has 0 saturated heterocycles. The number of hydrogen-bond donors (Lipinski definition) is 0. The second-order valence-electron chi connectivity index (χ2n) is 14.9. The molecule has 0 aliphatic heterocycles. The van der Waals surface area contributed by atoms with E-state index in [1.807, 2.05) is 78.9 Å². The topological polar surface area (TPSA) is 82.5 Å². The third-order valence-electron chi connectivity index (χ3n) is 11.3. The van der Waals surface area contributed by atoms with Gasteiger partial charge in [-0.2, -0.15) is 4.80 Å². The summed E-state index contributed by atoms with van der Waals surface area (Å²) in [4.78, 5) is 17.4. The fraction of sp³-hybridized carbons (Fsp3) is 0. The summed E-state index contributed by atoms with van der Waals surface area (Å²) in [7, 11) is 0. The van der Waals surface area contributed by atoms with Gasteiger partial charge in [0.2, 0.25) is 0 Å². The van der Waals surface area contributed by atoms with Crippen LogP contribution in [0, 0.1) is 0 Å². The van der Waals surface area contributed by atoms with Crippen LogP contribution in [0.4, 0.5) is 0 Å². The van der Waals surface area contributed by atoms with Crippen LogP contribution < -0.4 is 0 Å². The zero-order valence-electron chi connectivity index (χ0n) is 32.1. The van der Waals surface area contributed by atoms with Crippen molar-refractivity contribution >= 4 is 54.5 Å². The van der Waals surface area contributed by atoms with E-state index in [2.05, 4.69) is 115 Å². The first-order valence-electron chi connectivity index (χ1n) is 19.9. The summed E-state index contributed by atoms with van der Waals surface area (Å²) in [5.41, 5.74) is 11.3. The highest BCUT2D eigenvalue weighted by molar-refractivity contribution is 6.19. The Bertz CT molecular complexity index is 3590. The van der Waals surface area contributed by atoms with Gasteiger partial charge in [0.25, 0.3) is 0 Å². The van der Waals surface area contributed by atoms with E-state index in [4.69, 9.17) is 29.6 Å². The van der Waals surface area contributed by atoms with Crippen molar-refractivity contribution in [3.05, 3.63) is 194 Å². The first-order chi connectivity index (χ1) is 29.7. The molecule has 0 fully saturated rings. The van der Waals surface area contributed by atoms with Crippen molar-refractivity contribution in [3.63, 3.8) is 0 Å². The molecule has 0 saturated carbocycles. The number of nitrogens with zero attached hydrogens (tertiary/aromatic N) is 6. The minimum atomic E-state index is 0.576. The van der Waals surface area contributed by atoms with Crippen LogP contribution in [-0.2, 0) is 0 Å². The maximum Gasteiger partial charge on any atom is 0.164 e. The van der Waals surface area contributed by atoms with Crippen molar-refractivity contribution in [2.75, 3.05) is 0 Å². The van der Waals surface area contributed by atoms with Gasteiger partial charge in [0.05, 0.1) is 5.69 Å². The van der Waals surface area contributed by atoms with Crippen LogP contribution in [-0.4, -0.2) is 29.9 Å². The van der Waals surface area contributed by atoms with E-state index in [1.54, 1.807) is 4.80 Å². The fourth-order valence-corrected chi connectivity index (χ4v) is 8.45. The Morgan fingerprint density at radius 1 is 0.367 bits per heavy atom. The number of aromatic nitrogens is 6. The molecule has 0 bridgehead atoms. The SMILES string of the molecule is c1ccc(-c2ccc(-c3nc(-c4ccccc4-c4ccc5c(ccc6ccc7nn(-c8ccccc8)nc7c65)c4)nc(-c4cccc5oc6ccccc6c45)n3)cc2)cc1. The molecule has 3 aromatic heterocycles. The predicted molar refractivity (Wildman–Crippen MR) is 242 cm³/mol. The number of hydrogen-bond acceptors (Lipinski definition) is 6. The summed E-state index contributed by atoms with van der Waals surface area (Å²) in [5, 5.41) is 16.2. The van der Waals surface area contributed by atoms with Crippen LogP contribution in [0.25, 0.3) is 117 Å². The van der Waals surface area contributed by atoms with Gasteiger partial charge in [0.15, 0.2) is 17.5 Å². The van der Waals surface area contributed by atoms with Gasteiger partial charge in [0.1, 0.15) is 22.2 Å². The maximum absolute atomic E-state index is 6.30. The van der Waals surface area contributed by atoms with E-state index >= 15 is 0 Å². The maximum atomic E-state index is 6.30. The van der Waals surface area contributed by atoms with Crippen molar-refractivity contribution in [2.24, 2.45) is 0 Å². The zero-order chi connectivity index (χ0) is 39.6. The number of para-hydroxylation sites is 2. The van der Waals surface area contributed by atoms with Gasteiger partial charge in [-0.1, -0.05) is 158 Å². The lowest BCUT2D eigenvalue weighted by atomic mass is 9.94. The van der Waals surface area contributed by atoms with Gasteiger partial charge in [-0.3, -0.25) is 0 Å². The summed E-state index contributed by atoms with van der Waals surface area (Å²) >= 11 is 0. The standard InChI is InChI=1S/C53H32N6O/c1-3-12-33(13-4-1)34-22-25-36(26-23-34)51-54-52(56-53(55-51)44-19-11-21-47-49(44)43-18-9-10-20-46(43)60-47)42-17-8-7-16-40(42)37-28-30-41-38(32-37)27-24-35-29-31-45-50(48(35)41)58-59(57-45)39-14-5-2-6-15-39/h1-32H. The number of benzene rings is 9. The molecule has 12 aromatic rings. The predicted octanol–water partition coefficient (Wildman–Crippen LogP) is 13.1. The van der Waals surface area contributed by atoms with Crippen molar-refractivity contribution < 1.29 is 4.42 Å². The monoisotopic (exact) mass is 768 g/mol. The van der Waals surface area contributed by atoms with E-state index in [0.29, 0.717) is 17.5 Å². The highest BCUT2D eigenvalue weighted by Gasteiger charge is 2.20. The van der Waals surface area contributed by atoms with Crippen LogP contribution in [0.1, 0.15) is 0 Å². The van der Waals surface area contributed by atoms with Crippen molar-refractivity contribution in [3.8, 4) is 62.1 Å². The average Bonchev–Trinajstić information content (AvgIpc) is 3.94. The summed E-state index contributed by atoms with van der Waals surface area (Å²) in [6.07, 6.45) is 0. The summed E-state index contributed by atoms with van der Waals surface area (Å²) < 4.78 is 6.30. The minimum absolute atomic E-state index is 0.576. The molecule has 3 heterocycles. The lowest BCUT2D eigenvalue weighted by molar-refractivity contribution is 0.669.